The van der Waals surface area contributed by atoms with Crippen molar-refractivity contribution in [2.75, 3.05) is 13.7 Å². The molecule has 0 heterocycles. The van der Waals surface area contributed by atoms with E-state index in [0.29, 0.717) is 25.9 Å². The summed E-state index contributed by atoms with van der Waals surface area (Å²) in [6.07, 6.45) is 1.35. The van der Waals surface area contributed by atoms with Crippen LogP contribution in [-0.2, 0) is 14.3 Å². The summed E-state index contributed by atoms with van der Waals surface area (Å²) in [7, 11) is 1.57. The van der Waals surface area contributed by atoms with Crippen LogP contribution in [0.5, 0.6) is 0 Å². The number of carboxylic acid groups (broad SMARTS) is 1. The van der Waals surface area contributed by atoms with Gasteiger partial charge in [-0.15, -0.1) is 0 Å². The van der Waals surface area contributed by atoms with Crippen LogP contribution in [0.4, 0.5) is 0 Å². The van der Waals surface area contributed by atoms with E-state index < -0.39 is 12.0 Å². The Labute approximate surface area is 115 Å². The second-order valence-electron chi connectivity index (χ2n) is 6.06. The first-order valence-corrected chi connectivity index (χ1v) is 6.69. The van der Waals surface area contributed by atoms with Crippen molar-refractivity contribution in [3.63, 3.8) is 0 Å². The van der Waals surface area contributed by atoms with Gasteiger partial charge in [0.1, 0.15) is 6.04 Å². The highest BCUT2D eigenvalue weighted by Crippen LogP contribution is 2.27. The Kier molecular flexibility index (Phi) is 7.68. The van der Waals surface area contributed by atoms with Crippen molar-refractivity contribution in [2.24, 2.45) is 11.3 Å². The van der Waals surface area contributed by atoms with E-state index in [1.807, 2.05) is 6.92 Å². The fraction of sp³-hybridized carbons (Fsp3) is 0.857. The van der Waals surface area contributed by atoms with E-state index in [0.717, 1.165) is 0 Å². The van der Waals surface area contributed by atoms with E-state index in [1.54, 1.807) is 7.11 Å². The van der Waals surface area contributed by atoms with Crippen LogP contribution < -0.4 is 5.32 Å². The zero-order chi connectivity index (χ0) is 15.1. The number of methoxy groups -OCH3 is 1. The predicted molar refractivity (Wildman–Crippen MR) is 73.9 cm³/mol. The second kappa shape index (κ2) is 8.15. The summed E-state index contributed by atoms with van der Waals surface area (Å²) < 4.78 is 4.88. The van der Waals surface area contributed by atoms with Gasteiger partial charge >= 0.3 is 5.97 Å². The van der Waals surface area contributed by atoms with Gasteiger partial charge in [-0.1, -0.05) is 27.7 Å². The Morgan fingerprint density at radius 3 is 2.32 bits per heavy atom. The molecule has 19 heavy (non-hydrogen) atoms. The molecule has 5 heteroatoms. The molecule has 112 valence electrons. The van der Waals surface area contributed by atoms with Crippen LogP contribution in [0.15, 0.2) is 0 Å². The summed E-state index contributed by atoms with van der Waals surface area (Å²) in [5, 5.41) is 11.6. The van der Waals surface area contributed by atoms with E-state index in [9.17, 15) is 9.59 Å². The lowest BCUT2D eigenvalue weighted by atomic mass is 9.80. The topological polar surface area (TPSA) is 75.6 Å². The van der Waals surface area contributed by atoms with Crippen molar-refractivity contribution in [1.29, 1.82) is 0 Å². The first kappa shape index (κ1) is 17.9. The number of hydrogen-bond donors (Lipinski definition) is 2. The number of ether oxygens (including phenoxy) is 1. The largest absolute Gasteiger partial charge is 0.480 e. The SMILES string of the molecule is COCCCC(NC(=O)CC(C)C(C)(C)C)C(=O)O. The van der Waals surface area contributed by atoms with Crippen LogP contribution in [0, 0.1) is 11.3 Å². The van der Waals surface area contributed by atoms with E-state index >= 15 is 0 Å². The molecule has 0 aromatic heterocycles. The number of carboxylic acids is 1. The molecule has 0 saturated carbocycles. The molecule has 5 nitrogen and oxygen atoms in total. The average molecular weight is 273 g/mol. The lowest BCUT2D eigenvalue weighted by Crippen LogP contribution is -2.42. The summed E-state index contributed by atoms with van der Waals surface area (Å²) in [6.45, 7) is 8.70. The van der Waals surface area contributed by atoms with E-state index in [-0.39, 0.29) is 17.2 Å². The maximum atomic E-state index is 11.8. The second-order valence-corrected chi connectivity index (χ2v) is 6.06. The van der Waals surface area contributed by atoms with Gasteiger partial charge in [-0.2, -0.15) is 0 Å². The minimum atomic E-state index is -0.993. The van der Waals surface area contributed by atoms with Crippen LogP contribution in [0.25, 0.3) is 0 Å². The molecule has 1 amide bonds. The van der Waals surface area contributed by atoms with Gasteiger partial charge < -0.3 is 15.2 Å². The number of aliphatic carboxylic acids is 1. The Hall–Kier alpha value is -1.10. The van der Waals surface area contributed by atoms with Crippen LogP contribution in [0.3, 0.4) is 0 Å². The highest BCUT2D eigenvalue weighted by Gasteiger charge is 2.25. The molecule has 0 spiro atoms. The van der Waals surface area contributed by atoms with Gasteiger partial charge in [0.15, 0.2) is 0 Å². The molecule has 0 fully saturated rings. The molecular weight excluding hydrogens is 246 g/mol. The normalized spacial score (nSPS) is 14.8. The number of amides is 1. The van der Waals surface area contributed by atoms with Crippen molar-refractivity contribution >= 4 is 11.9 Å². The molecule has 0 rings (SSSR count). The van der Waals surface area contributed by atoms with E-state index in [4.69, 9.17) is 9.84 Å². The van der Waals surface area contributed by atoms with Crippen molar-refractivity contribution in [3.8, 4) is 0 Å². The Morgan fingerprint density at radius 2 is 1.89 bits per heavy atom. The van der Waals surface area contributed by atoms with Crippen LogP contribution in [0.2, 0.25) is 0 Å². The van der Waals surface area contributed by atoms with Gasteiger partial charge in [0.25, 0.3) is 0 Å². The molecule has 0 aliphatic rings. The third-order valence-corrected chi connectivity index (χ3v) is 3.44. The Bertz CT molecular complexity index is 296. The van der Waals surface area contributed by atoms with Gasteiger partial charge in [0.2, 0.25) is 5.91 Å². The lowest BCUT2D eigenvalue weighted by molar-refractivity contribution is -0.142. The minimum absolute atomic E-state index is 0.0338. The highest BCUT2D eigenvalue weighted by molar-refractivity contribution is 5.83. The van der Waals surface area contributed by atoms with Gasteiger partial charge in [0.05, 0.1) is 0 Å². The number of carbonyl (C=O) groups is 2. The molecule has 0 aliphatic carbocycles. The summed E-state index contributed by atoms with van der Waals surface area (Å²) >= 11 is 0. The molecule has 0 bridgehead atoms. The van der Waals surface area contributed by atoms with Crippen molar-refractivity contribution in [2.45, 2.75) is 53.0 Å². The predicted octanol–water partition coefficient (Wildman–Crippen LogP) is 2.05. The zero-order valence-electron chi connectivity index (χ0n) is 12.7. The van der Waals surface area contributed by atoms with Crippen molar-refractivity contribution < 1.29 is 19.4 Å². The molecular formula is C14H27NO4. The minimum Gasteiger partial charge on any atom is -0.480 e. The lowest BCUT2D eigenvalue weighted by Gasteiger charge is -2.27. The third-order valence-electron chi connectivity index (χ3n) is 3.44. The monoisotopic (exact) mass is 273 g/mol. The van der Waals surface area contributed by atoms with Crippen molar-refractivity contribution in [3.05, 3.63) is 0 Å². The Balaban J connectivity index is 4.28. The van der Waals surface area contributed by atoms with E-state index in [2.05, 4.69) is 26.1 Å². The number of nitrogens with one attached hydrogen (secondary N) is 1. The molecule has 0 aromatic carbocycles. The fourth-order valence-corrected chi connectivity index (χ4v) is 1.53. The number of rotatable bonds is 8. The molecule has 0 aliphatic heterocycles. The van der Waals surface area contributed by atoms with Crippen LogP contribution in [0.1, 0.15) is 47.0 Å². The maximum absolute atomic E-state index is 11.8. The zero-order valence-corrected chi connectivity index (χ0v) is 12.7. The summed E-state index contributed by atoms with van der Waals surface area (Å²) in [6, 6.07) is -0.824. The quantitative estimate of drug-likeness (QED) is 0.664. The van der Waals surface area contributed by atoms with E-state index in [1.165, 1.54) is 0 Å². The van der Waals surface area contributed by atoms with Crippen LogP contribution >= 0.6 is 0 Å². The van der Waals surface area contributed by atoms with Gasteiger partial charge in [-0.05, 0) is 24.2 Å². The van der Waals surface area contributed by atoms with Crippen LogP contribution in [-0.4, -0.2) is 36.7 Å². The van der Waals surface area contributed by atoms with Gasteiger partial charge in [-0.25, -0.2) is 4.79 Å². The molecule has 2 unspecified atom stereocenters. The van der Waals surface area contributed by atoms with Crippen molar-refractivity contribution in [1.82, 2.24) is 5.32 Å². The molecule has 2 atom stereocenters. The first-order valence-electron chi connectivity index (χ1n) is 6.69. The number of hydrogen-bond acceptors (Lipinski definition) is 3. The van der Waals surface area contributed by atoms with Gasteiger partial charge in [0, 0.05) is 20.1 Å². The molecule has 0 saturated heterocycles. The molecule has 0 aromatic rings. The smallest absolute Gasteiger partial charge is 0.326 e. The van der Waals surface area contributed by atoms with Gasteiger partial charge in [-0.3, -0.25) is 4.79 Å². The highest BCUT2D eigenvalue weighted by atomic mass is 16.5. The first-order chi connectivity index (χ1) is 8.68. The molecule has 2 N–H and O–H groups in total. The fourth-order valence-electron chi connectivity index (χ4n) is 1.53. The standard InChI is InChI=1S/C14H27NO4/c1-10(14(2,3)4)9-12(16)15-11(13(17)18)7-6-8-19-5/h10-11H,6-9H2,1-5H3,(H,15,16)(H,17,18). The number of carbonyl (C=O) groups excluding carboxylic acids is 1. The summed E-state index contributed by atoms with van der Waals surface area (Å²) in [5.74, 6) is -0.999. The summed E-state index contributed by atoms with van der Waals surface area (Å²) in [4.78, 5) is 22.9. The maximum Gasteiger partial charge on any atom is 0.326 e. The third kappa shape index (κ3) is 7.82. The molecule has 0 radical (unpaired) electrons. The Morgan fingerprint density at radius 1 is 1.32 bits per heavy atom. The summed E-state index contributed by atoms with van der Waals surface area (Å²) in [5.41, 5.74) is 0.0338. The average Bonchev–Trinajstić information content (AvgIpc) is 2.26.